The highest BCUT2D eigenvalue weighted by molar-refractivity contribution is 8.00. The van der Waals surface area contributed by atoms with Gasteiger partial charge in [-0.3, -0.25) is 5.41 Å². The van der Waals surface area contributed by atoms with Crippen LogP contribution in [0.3, 0.4) is 0 Å². The number of thioether (sulfide) groups is 1. The van der Waals surface area contributed by atoms with Gasteiger partial charge in [-0.05, 0) is 18.2 Å². The fraction of sp³-hybridized carbons (Fsp3) is 0.417. The van der Waals surface area contributed by atoms with Gasteiger partial charge in [0.15, 0.2) is 11.5 Å². The van der Waals surface area contributed by atoms with Gasteiger partial charge in [0.05, 0.1) is 5.84 Å². The molecule has 3 N–H and O–H groups in total. The van der Waals surface area contributed by atoms with Crippen LogP contribution in [0.2, 0.25) is 0 Å². The molecule has 1 heterocycles. The van der Waals surface area contributed by atoms with Crippen molar-refractivity contribution >= 4 is 17.6 Å². The minimum absolute atomic E-state index is 0.225. The Morgan fingerprint density at radius 1 is 1.41 bits per heavy atom. The topological polar surface area (TPSA) is 68.3 Å². The van der Waals surface area contributed by atoms with E-state index in [1.165, 1.54) is 0 Å². The molecule has 2 rings (SSSR count). The summed E-state index contributed by atoms with van der Waals surface area (Å²) in [6.45, 7) is 3.27. The zero-order valence-corrected chi connectivity index (χ0v) is 10.5. The molecule has 0 saturated carbocycles. The fourth-order valence-corrected chi connectivity index (χ4v) is 2.73. The molecule has 1 aliphatic heterocycles. The highest BCUT2D eigenvalue weighted by Gasteiger charge is 2.13. The zero-order chi connectivity index (χ0) is 12.3. The molecule has 0 amide bonds. The van der Waals surface area contributed by atoms with Gasteiger partial charge >= 0.3 is 0 Å². The van der Waals surface area contributed by atoms with Crippen LogP contribution in [0.15, 0.2) is 23.1 Å². The van der Waals surface area contributed by atoms with Gasteiger partial charge in [-0.2, -0.15) is 0 Å². The zero-order valence-electron chi connectivity index (χ0n) is 9.73. The van der Waals surface area contributed by atoms with Crippen molar-refractivity contribution in [2.45, 2.75) is 23.5 Å². The van der Waals surface area contributed by atoms with Gasteiger partial charge in [-0.15, -0.1) is 11.8 Å². The van der Waals surface area contributed by atoms with E-state index in [1.807, 2.05) is 18.2 Å². The van der Waals surface area contributed by atoms with Crippen LogP contribution in [-0.2, 0) is 0 Å². The van der Waals surface area contributed by atoms with Crippen LogP contribution in [0.25, 0.3) is 0 Å². The van der Waals surface area contributed by atoms with Crippen molar-refractivity contribution < 1.29 is 9.47 Å². The number of rotatable bonds is 4. The van der Waals surface area contributed by atoms with Gasteiger partial charge in [0.2, 0.25) is 0 Å². The first-order valence-corrected chi connectivity index (χ1v) is 6.42. The highest BCUT2D eigenvalue weighted by atomic mass is 32.2. The van der Waals surface area contributed by atoms with Crippen molar-refractivity contribution in [3.05, 3.63) is 18.2 Å². The Morgan fingerprint density at radius 2 is 2.12 bits per heavy atom. The van der Waals surface area contributed by atoms with Gasteiger partial charge < -0.3 is 15.2 Å². The summed E-state index contributed by atoms with van der Waals surface area (Å²) in [4.78, 5) is 1.11. The fourth-order valence-electron chi connectivity index (χ4n) is 1.68. The third kappa shape index (κ3) is 3.30. The first-order valence-electron chi connectivity index (χ1n) is 5.54. The molecule has 1 atom stereocenters. The second kappa shape index (κ2) is 5.31. The van der Waals surface area contributed by atoms with E-state index >= 15 is 0 Å². The van der Waals surface area contributed by atoms with Crippen LogP contribution in [0.4, 0.5) is 0 Å². The normalized spacial score (nSPS) is 15.4. The van der Waals surface area contributed by atoms with Crippen LogP contribution in [0.5, 0.6) is 11.5 Å². The second-order valence-corrected chi connectivity index (χ2v) is 5.48. The van der Waals surface area contributed by atoms with E-state index in [-0.39, 0.29) is 11.1 Å². The van der Waals surface area contributed by atoms with E-state index in [0.29, 0.717) is 19.6 Å². The molecule has 0 saturated heterocycles. The number of amidine groups is 1. The number of ether oxygens (including phenoxy) is 2. The van der Waals surface area contributed by atoms with E-state index in [4.69, 9.17) is 20.6 Å². The molecule has 1 aromatic carbocycles. The maximum atomic E-state index is 7.26. The number of hydrogen-bond donors (Lipinski definition) is 2. The van der Waals surface area contributed by atoms with Crippen molar-refractivity contribution in [2.75, 3.05) is 13.2 Å². The Morgan fingerprint density at radius 3 is 2.82 bits per heavy atom. The standard InChI is InChI=1S/C12H16N2O2S/c1-8(6-12(13)14)17-9-2-3-10-11(7-9)16-5-4-15-10/h2-3,7-8H,4-6H2,1H3,(H3,13,14). The largest absolute Gasteiger partial charge is 0.486 e. The molecule has 0 bridgehead atoms. The van der Waals surface area contributed by atoms with Crippen molar-refractivity contribution in [3.63, 3.8) is 0 Å². The third-order valence-electron chi connectivity index (χ3n) is 2.36. The summed E-state index contributed by atoms with van der Waals surface area (Å²) >= 11 is 1.69. The molecule has 4 nitrogen and oxygen atoms in total. The maximum absolute atomic E-state index is 7.26. The van der Waals surface area contributed by atoms with Crippen LogP contribution in [0, 0.1) is 5.41 Å². The Labute approximate surface area is 105 Å². The molecule has 0 spiro atoms. The molecular formula is C12H16N2O2S. The SMILES string of the molecule is CC(CC(=N)N)Sc1ccc2c(c1)OCCO2. The van der Waals surface area contributed by atoms with Gasteiger partial charge in [0.1, 0.15) is 13.2 Å². The Hall–Kier alpha value is -1.36. The average Bonchev–Trinajstić information content (AvgIpc) is 2.27. The summed E-state index contributed by atoms with van der Waals surface area (Å²) in [6.07, 6.45) is 0.596. The smallest absolute Gasteiger partial charge is 0.162 e. The van der Waals surface area contributed by atoms with Crippen molar-refractivity contribution in [3.8, 4) is 11.5 Å². The molecule has 0 fully saturated rings. The lowest BCUT2D eigenvalue weighted by atomic mass is 10.3. The lowest BCUT2D eigenvalue weighted by Gasteiger charge is -2.19. The van der Waals surface area contributed by atoms with Gasteiger partial charge in [0, 0.05) is 16.6 Å². The predicted octanol–water partition coefficient (Wildman–Crippen LogP) is 2.26. The summed E-state index contributed by atoms with van der Waals surface area (Å²) < 4.78 is 11.0. The molecule has 1 aromatic rings. The molecule has 92 valence electrons. The quantitative estimate of drug-likeness (QED) is 0.490. The Kier molecular flexibility index (Phi) is 3.78. The van der Waals surface area contributed by atoms with E-state index in [9.17, 15) is 0 Å². The first kappa shape index (κ1) is 12.1. The second-order valence-electron chi connectivity index (χ2n) is 3.96. The van der Waals surface area contributed by atoms with Gasteiger partial charge in [-0.25, -0.2) is 0 Å². The molecule has 5 heteroatoms. The lowest BCUT2D eigenvalue weighted by molar-refractivity contribution is 0.171. The predicted molar refractivity (Wildman–Crippen MR) is 69.3 cm³/mol. The first-order chi connectivity index (χ1) is 8.15. The lowest BCUT2D eigenvalue weighted by Crippen LogP contribution is -2.16. The molecular weight excluding hydrogens is 236 g/mol. The molecule has 1 aliphatic rings. The molecule has 1 unspecified atom stereocenters. The summed E-state index contributed by atoms with van der Waals surface area (Å²) in [5.41, 5.74) is 5.38. The van der Waals surface area contributed by atoms with Crippen molar-refractivity contribution in [1.82, 2.24) is 0 Å². The average molecular weight is 252 g/mol. The number of hydrogen-bond acceptors (Lipinski definition) is 4. The Balaban J connectivity index is 2.04. The summed E-state index contributed by atoms with van der Waals surface area (Å²) in [6, 6.07) is 5.92. The Bertz CT molecular complexity index is 423. The van der Waals surface area contributed by atoms with E-state index in [0.717, 1.165) is 16.4 Å². The molecule has 17 heavy (non-hydrogen) atoms. The van der Waals surface area contributed by atoms with Crippen molar-refractivity contribution in [2.24, 2.45) is 5.73 Å². The monoisotopic (exact) mass is 252 g/mol. The summed E-state index contributed by atoms with van der Waals surface area (Å²) in [7, 11) is 0. The minimum atomic E-state index is 0.225. The van der Waals surface area contributed by atoms with Gasteiger partial charge in [-0.1, -0.05) is 6.92 Å². The van der Waals surface area contributed by atoms with Crippen LogP contribution in [-0.4, -0.2) is 24.3 Å². The molecule has 0 aliphatic carbocycles. The van der Waals surface area contributed by atoms with Gasteiger partial charge in [0.25, 0.3) is 0 Å². The van der Waals surface area contributed by atoms with E-state index in [2.05, 4.69) is 6.92 Å². The highest BCUT2D eigenvalue weighted by Crippen LogP contribution is 2.35. The molecule has 0 radical (unpaired) electrons. The third-order valence-corrected chi connectivity index (χ3v) is 3.45. The number of nitrogens with one attached hydrogen (secondary N) is 1. The number of fused-ring (bicyclic) bond motifs is 1. The molecule has 0 aromatic heterocycles. The number of nitrogens with two attached hydrogens (primary N) is 1. The van der Waals surface area contributed by atoms with Crippen LogP contribution >= 0.6 is 11.8 Å². The van der Waals surface area contributed by atoms with Crippen molar-refractivity contribution in [1.29, 1.82) is 5.41 Å². The van der Waals surface area contributed by atoms with Crippen LogP contribution < -0.4 is 15.2 Å². The number of benzene rings is 1. The summed E-state index contributed by atoms with van der Waals surface area (Å²) in [5, 5.41) is 7.55. The van der Waals surface area contributed by atoms with Crippen LogP contribution in [0.1, 0.15) is 13.3 Å². The minimum Gasteiger partial charge on any atom is -0.486 e. The maximum Gasteiger partial charge on any atom is 0.162 e. The van der Waals surface area contributed by atoms with E-state index in [1.54, 1.807) is 11.8 Å². The van der Waals surface area contributed by atoms with E-state index < -0.39 is 0 Å². The summed E-state index contributed by atoms with van der Waals surface area (Å²) in [5.74, 6) is 1.83.